The summed E-state index contributed by atoms with van der Waals surface area (Å²) in [6.45, 7) is 12.8. The van der Waals surface area contributed by atoms with Crippen molar-refractivity contribution in [3.05, 3.63) is 120 Å². The van der Waals surface area contributed by atoms with Gasteiger partial charge in [0.1, 0.15) is 24.4 Å². The van der Waals surface area contributed by atoms with Gasteiger partial charge in [0.15, 0.2) is 11.6 Å². The van der Waals surface area contributed by atoms with Crippen LogP contribution in [0.1, 0.15) is 51.7 Å². The third-order valence-electron chi connectivity index (χ3n) is 14.9. The van der Waals surface area contributed by atoms with E-state index in [4.69, 9.17) is 28.4 Å². The largest absolute Gasteiger partial charge is 0.368 e. The number of fused-ring (bicyclic) bond motifs is 10. The van der Waals surface area contributed by atoms with Gasteiger partial charge in [-0.3, -0.25) is 9.80 Å². The molecule has 0 unspecified atom stereocenters. The molecule has 0 amide bonds. The molecule has 5 heterocycles. The maximum absolute atomic E-state index is 7.13. The zero-order valence-corrected chi connectivity index (χ0v) is 36.0. The second-order valence-corrected chi connectivity index (χ2v) is 19.8. The Balaban J connectivity index is 0.856. The molecule has 8 aromatic rings. The molecule has 13 rings (SSSR count). The molecule has 0 saturated carbocycles. The van der Waals surface area contributed by atoms with E-state index in [1.165, 1.54) is 75.8 Å². The Kier molecular flexibility index (Phi) is 8.59. The summed E-state index contributed by atoms with van der Waals surface area (Å²) in [4.78, 5) is 5.15. The quantitative estimate of drug-likeness (QED) is 0.163. The van der Waals surface area contributed by atoms with Crippen molar-refractivity contribution < 1.29 is 28.4 Å². The van der Waals surface area contributed by atoms with Gasteiger partial charge in [0, 0.05) is 39.3 Å². The first kappa shape index (κ1) is 38.0. The SMILES string of the molecule is CC1(C)O[C@@H]2[C@H](O1)[C@H]1CN(Cc3ccc4ccc5cccc6ccc3c4c56)CC[C@H]3O[C@H](CN(Cc4ccc5ccc6cccc7ccc4c5c67)CC[C@H]2O1)[C@H]1OC(C)(C)O[C@H]13. The minimum atomic E-state index is -0.675. The zero-order valence-electron chi connectivity index (χ0n) is 36.0. The van der Waals surface area contributed by atoms with E-state index in [0.717, 1.165) is 52.1 Å². The van der Waals surface area contributed by atoms with Crippen LogP contribution >= 0.6 is 0 Å². The fourth-order valence-electron chi connectivity index (χ4n) is 12.2. The van der Waals surface area contributed by atoms with Crippen LogP contribution in [0.15, 0.2) is 109 Å². The first-order valence-corrected chi connectivity index (χ1v) is 22.9. The van der Waals surface area contributed by atoms with E-state index in [9.17, 15) is 0 Å². The first-order valence-electron chi connectivity index (χ1n) is 22.9. The Labute approximate surface area is 362 Å². The van der Waals surface area contributed by atoms with Crippen LogP contribution in [-0.2, 0) is 41.5 Å². The highest BCUT2D eigenvalue weighted by atomic mass is 16.8. The highest BCUT2D eigenvalue weighted by Gasteiger charge is 2.57. The lowest BCUT2D eigenvalue weighted by molar-refractivity contribution is -0.194. The van der Waals surface area contributed by atoms with Gasteiger partial charge in [-0.2, -0.15) is 0 Å². The van der Waals surface area contributed by atoms with Crippen molar-refractivity contribution in [1.82, 2.24) is 9.80 Å². The van der Waals surface area contributed by atoms with Crippen molar-refractivity contribution in [2.24, 2.45) is 0 Å². The number of nitrogens with zero attached hydrogens (tertiary/aromatic N) is 2. The van der Waals surface area contributed by atoms with E-state index in [1.54, 1.807) is 0 Å². The summed E-state index contributed by atoms with van der Waals surface area (Å²) in [7, 11) is 0. The molecule has 316 valence electrons. The first-order chi connectivity index (χ1) is 30.1. The third-order valence-corrected chi connectivity index (χ3v) is 14.9. The second-order valence-electron chi connectivity index (χ2n) is 19.8. The molecule has 5 aliphatic rings. The predicted molar refractivity (Wildman–Crippen MR) is 245 cm³/mol. The minimum Gasteiger partial charge on any atom is -0.368 e. The van der Waals surface area contributed by atoms with Crippen LogP contribution in [0, 0.1) is 0 Å². The van der Waals surface area contributed by atoms with Gasteiger partial charge >= 0.3 is 0 Å². The van der Waals surface area contributed by atoms with E-state index in [1.807, 2.05) is 0 Å². The Morgan fingerprint density at radius 3 is 1.16 bits per heavy atom. The van der Waals surface area contributed by atoms with Crippen molar-refractivity contribution in [3.63, 3.8) is 0 Å². The van der Waals surface area contributed by atoms with Gasteiger partial charge in [-0.1, -0.05) is 109 Å². The Bertz CT molecular complexity index is 2770. The molecular formula is C54H54N2O6. The molecule has 8 nitrogen and oxygen atoms in total. The van der Waals surface area contributed by atoms with Crippen LogP contribution in [0.5, 0.6) is 0 Å². The number of benzene rings is 8. The molecule has 0 N–H and O–H groups in total. The van der Waals surface area contributed by atoms with E-state index in [-0.39, 0.29) is 48.8 Å². The minimum absolute atomic E-state index is 0.107. The van der Waals surface area contributed by atoms with Crippen molar-refractivity contribution in [2.45, 2.75) is 114 Å². The molecule has 8 heteroatoms. The summed E-state index contributed by atoms with van der Waals surface area (Å²) in [5.41, 5.74) is 2.64. The van der Waals surface area contributed by atoms with Crippen LogP contribution in [-0.4, -0.2) is 96.4 Å². The molecule has 62 heavy (non-hydrogen) atoms. The topological polar surface area (TPSA) is 61.9 Å². The lowest BCUT2D eigenvalue weighted by Crippen LogP contribution is -2.42. The summed E-state index contributed by atoms with van der Waals surface area (Å²) in [6, 6.07) is 40.8. The van der Waals surface area contributed by atoms with Gasteiger partial charge in [0.2, 0.25) is 0 Å². The molecule has 0 spiro atoms. The number of ether oxygens (including phenoxy) is 6. The van der Waals surface area contributed by atoms with Gasteiger partial charge in [-0.05, 0) is 116 Å². The maximum Gasteiger partial charge on any atom is 0.164 e. The summed E-state index contributed by atoms with van der Waals surface area (Å²) < 4.78 is 41.2. The fraction of sp³-hybridized carbons (Fsp3) is 0.407. The molecule has 5 aliphatic heterocycles. The summed E-state index contributed by atoms with van der Waals surface area (Å²) >= 11 is 0. The predicted octanol–water partition coefficient (Wildman–Crippen LogP) is 10.2. The highest BCUT2D eigenvalue weighted by molar-refractivity contribution is 6.24. The van der Waals surface area contributed by atoms with E-state index in [0.29, 0.717) is 0 Å². The van der Waals surface area contributed by atoms with Crippen molar-refractivity contribution in [1.29, 1.82) is 0 Å². The van der Waals surface area contributed by atoms with Crippen LogP contribution < -0.4 is 0 Å². The standard InChI is InChI=1S/C54H54N2O6/c1-53(2)59-49-41-23-25-56(28-38-18-16-36-14-12-32-8-6-10-34-20-22-40(38)48(36)46(32)34)30-44-52-50(60-54(3,4)62-52)42(58-44)24-26-55(29-43(57-41)51(49)61-53)27-37-17-15-35-13-11-31-7-5-9-33-19-21-39(37)47(35)45(31)33/h5-22,41-44,49-52H,23-30H2,1-4H3/t41-,42-,43-,44-,49+,50+,51-,52-/m1/s1. The second kappa shape index (κ2) is 14.0. The molecule has 0 aromatic heterocycles. The van der Waals surface area contributed by atoms with Crippen molar-refractivity contribution in [3.8, 4) is 0 Å². The molecule has 0 aliphatic carbocycles. The highest BCUT2D eigenvalue weighted by Crippen LogP contribution is 2.44. The third kappa shape index (κ3) is 6.17. The number of hydrogen-bond acceptors (Lipinski definition) is 8. The Hall–Kier alpha value is -4.48. The molecule has 5 saturated heterocycles. The molecule has 8 aromatic carbocycles. The molecule has 8 atom stereocenters. The van der Waals surface area contributed by atoms with Gasteiger partial charge < -0.3 is 28.4 Å². The van der Waals surface area contributed by atoms with Gasteiger partial charge in [0.05, 0.1) is 24.4 Å². The lowest BCUT2D eigenvalue weighted by atomic mass is 9.91. The van der Waals surface area contributed by atoms with Crippen molar-refractivity contribution >= 4 is 64.6 Å². The van der Waals surface area contributed by atoms with Gasteiger partial charge in [-0.25, -0.2) is 0 Å². The smallest absolute Gasteiger partial charge is 0.164 e. The fourth-order valence-corrected chi connectivity index (χ4v) is 12.2. The van der Waals surface area contributed by atoms with E-state index < -0.39 is 11.6 Å². The number of rotatable bonds is 4. The molecular weight excluding hydrogens is 773 g/mol. The Morgan fingerprint density at radius 1 is 0.419 bits per heavy atom. The zero-order chi connectivity index (χ0) is 41.5. The normalized spacial score (nSPS) is 30.4. The van der Waals surface area contributed by atoms with Crippen molar-refractivity contribution in [2.75, 3.05) is 26.2 Å². The Morgan fingerprint density at radius 2 is 0.758 bits per heavy atom. The van der Waals surface area contributed by atoms with Crippen LogP contribution in [0.2, 0.25) is 0 Å². The average Bonchev–Trinajstić information content (AvgIpc) is 3.96. The summed E-state index contributed by atoms with van der Waals surface area (Å²) in [6.07, 6.45) is 0.533. The monoisotopic (exact) mass is 826 g/mol. The maximum atomic E-state index is 7.13. The molecule has 0 radical (unpaired) electrons. The molecule has 5 fully saturated rings. The molecule has 4 bridgehead atoms. The average molecular weight is 827 g/mol. The van der Waals surface area contributed by atoms with Gasteiger partial charge in [-0.15, -0.1) is 0 Å². The van der Waals surface area contributed by atoms with Crippen LogP contribution in [0.25, 0.3) is 64.6 Å². The number of hydrogen-bond donors (Lipinski definition) is 0. The summed E-state index contributed by atoms with van der Waals surface area (Å²) in [5, 5.41) is 15.7. The van der Waals surface area contributed by atoms with Crippen LogP contribution in [0.4, 0.5) is 0 Å². The summed E-state index contributed by atoms with van der Waals surface area (Å²) in [5.74, 6) is -1.35. The van der Waals surface area contributed by atoms with Gasteiger partial charge in [0.25, 0.3) is 0 Å². The van der Waals surface area contributed by atoms with Crippen LogP contribution in [0.3, 0.4) is 0 Å². The van der Waals surface area contributed by atoms with E-state index in [2.05, 4.69) is 147 Å². The van der Waals surface area contributed by atoms with E-state index >= 15 is 0 Å². The lowest BCUT2D eigenvalue weighted by Gasteiger charge is -2.33.